The number of hydrogen-bond acceptors (Lipinski definition) is 5. The first-order valence-corrected chi connectivity index (χ1v) is 10.9. The molecule has 4 rings (SSSR count). The zero-order valence-corrected chi connectivity index (χ0v) is 19.5. The molecule has 0 bridgehead atoms. The summed E-state index contributed by atoms with van der Waals surface area (Å²) < 4.78 is 7.47. The zero-order valence-electron chi connectivity index (χ0n) is 17.9. The van der Waals surface area contributed by atoms with E-state index in [1.165, 1.54) is 11.3 Å². The molecule has 2 atom stereocenters. The maximum atomic E-state index is 13.3. The van der Waals surface area contributed by atoms with Crippen molar-refractivity contribution < 1.29 is 9.53 Å². The molecule has 1 aliphatic heterocycles. The van der Waals surface area contributed by atoms with Crippen LogP contribution in [0, 0.1) is 5.41 Å². The predicted octanol–water partition coefficient (Wildman–Crippen LogP) is 5.19. The Hall–Kier alpha value is -2.90. The Morgan fingerprint density at radius 2 is 1.84 bits per heavy atom. The summed E-state index contributed by atoms with van der Waals surface area (Å²) in [5.41, 5.74) is 1.46. The van der Waals surface area contributed by atoms with Crippen LogP contribution in [-0.4, -0.2) is 38.0 Å². The highest BCUT2D eigenvalue weighted by Gasteiger charge is 2.46. The predicted molar refractivity (Wildman–Crippen MR) is 124 cm³/mol. The Morgan fingerprint density at radius 3 is 2.47 bits per heavy atom. The molecule has 1 aromatic heterocycles. The average molecular weight is 472 g/mol. The van der Waals surface area contributed by atoms with Gasteiger partial charge < -0.3 is 4.74 Å². The molecule has 0 fully saturated rings. The maximum Gasteiger partial charge on any atom is 0.281 e. The first kappa shape index (κ1) is 22.3. The number of nitrogens with zero attached hydrogens (tertiary/aromatic N) is 5. The van der Waals surface area contributed by atoms with Gasteiger partial charge in [0.1, 0.15) is 30.5 Å². The van der Waals surface area contributed by atoms with E-state index in [0.717, 1.165) is 11.3 Å². The second-order valence-corrected chi connectivity index (χ2v) is 9.36. The number of ether oxygens (including phenoxy) is 1. The number of carbonyl (C=O) groups excluding carboxylic acids is 1. The van der Waals surface area contributed by atoms with Crippen LogP contribution in [0.4, 0.5) is 0 Å². The Kier molecular flexibility index (Phi) is 6.22. The fourth-order valence-electron chi connectivity index (χ4n) is 3.73. The molecule has 166 valence electrons. The molecule has 2 unspecified atom stereocenters. The van der Waals surface area contributed by atoms with E-state index in [9.17, 15) is 4.79 Å². The summed E-state index contributed by atoms with van der Waals surface area (Å²) in [6.07, 6.45) is 3.14. The summed E-state index contributed by atoms with van der Waals surface area (Å²) in [7, 11) is 0. The van der Waals surface area contributed by atoms with Crippen LogP contribution in [0.5, 0.6) is 5.75 Å². The third kappa shape index (κ3) is 4.49. The van der Waals surface area contributed by atoms with Crippen LogP contribution < -0.4 is 4.74 Å². The molecule has 7 nitrogen and oxygen atoms in total. The molecule has 1 aliphatic rings. The van der Waals surface area contributed by atoms with Crippen LogP contribution in [0.25, 0.3) is 0 Å². The highest BCUT2D eigenvalue weighted by atomic mass is 35.5. The van der Waals surface area contributed by atoms with Crippen molar-refractivity contribution in [1.29, 1.82) is 0 Å². The van der Waals surface area contributed by atoms with E-state index < -0.39 is 6.04 Å². The quantitative estimate of drug-likeness (QED) is 0.512. The molecule has 9 heteroatoms. The monoisotopic (exact) mass is 471 g/mol. The molecule has 1 amide bonds. The summed E-state index contributed by atoms with van der Waals surface area (Å²) in [4.78, 5) is 17.5. The van der Waals surface area contributed by atoms with Gasteiger partial charge in [0.15, 0.2) is 6.61 Å². The molecule has 0 saturated carbocycles. The van der Waals surface area contributed by atoms with Gasteiger partial charge in [0.25, 0.3) is 5.91 Å². The van der Waals surface area contributed by atoms with Gasteiger partial charge >= 0.3 is 0 Å². The van der Waals surface area contributed by atoms with Gasteiger partial charge in [-0.2, -0.15) is 10.2 Å². The van der Waals surface area contributed by atoms with E-state index in [0.29, 0.717) is 15.8 Å². The largest absolute Gasteiger partial charge is 0.482 e. The van der Waals surface area contributed by atoms with E-state index in [4.69, 9.17) is 33.0 Å². The lowest BCUT2D eigenvalue weighted by Crippen LogP contribution is -2.36. The van der Waals surface area contributed by atoms with E-state index >= 15 is 0 Å². The van der Waals surface area contributed by atoms with E-state index in [2.05, 4.69) is 30.9 Å². The molecule has 2 aromatic carbocycles. The lowest BCUT2D eigenvalue weighted by Gasteiger charge is -2.29. The van der Waals surface area contributed by atoms with Crippen LogP contribution in [0.15, 0.2) is 66.3 Å². The van der Waals surface area contributed by atoms with E-state index in [1.807, 2.05) is 30.3 Å². The van der Waals surface area contributed by atoms with Gasteiger partial charge in [0, 0.05) is 10.4 Å². The molecular formula is C23H23Cl2N5O2. The maximum absolute atomic E-state index is 13.3. The smallest absolute Gasteiger partial charge is 0.281 e. The van der Waals surface area contributed by atoms with Gasteiger partial charge in [-0.05, 0) is 23.8 Å². The number of carbonyl (C=O) groups is 1. The van der Waals surface area contributed by atoms with Crippen molar-refractivity contribution in [1.82, 2.24) is 19.8 Å². The van der Waals surface area contributed by atoms with Crippen molar-refractivity contribution in [2.45, 2.75) is 32.9 Å². The number of hydrogen-bond donors (Lipinski definition) is 0. The van der Waals surface area contributed by atoms with E-state index in [1.54, 1.807) is 29.2 Å². The second kappa shape index (κ2) is 8.92. The van der Waals surface area contributed by atoms with Crippen LogP contribution in [0.2, 0.25) is 10.0 Å². The average Bonchev–Trinajstić information content (AvgIpc) is 3.41. The highest BCUT2D eigenvalue weighted by Crippen LogP contribution is 2.43. The summed E-state index contributed by atoms with van der Waals surface area (Å²) >= 11 is 12.1. The van der Waals surface area contributed by atoms with Crippen LogP contribution in [-0.2, 0) is 4.79 Å². The van der Waals surface area contributed by atoms with Crippen molar-refractivity contribution in [3.8, 4) is 5.75 Å². The van der Waals surface area contributed by atoms with Crippen molar-refractivity contribution in [2.24, 2.45) is 10.5 Å². The minimum absolute atomic E-state index is 0.227. The molecule has 3 aromatic rings. The first-order chi connectivity index (χ1) is 15.3. The Morgan fingerprint density at radius 1 is 1.09 bits per heavy atom. The highest BCUT2D eigenvalue weighted by molar-refractivity contribution is 6.35. The van der Waals surface area contributed by atoms with Gasteiger partial charge in [0.2, 0.25) is 0 Å². The molecule has 0 spiro atoms. The summed E-state index contributed by atoms with van der Waals surface area (Å²) in [5.74, 6) is 0.0851. The van der Waals surface area contributed by atoms with Crippen LogP contribution >= 0.6 is 23.2 Å². The Labute approximate surface area is 196 Å². The minimum atomic E-state index is -0.399. The number of rotatable bonds is 5. The normalized spacial score (nSPS) is 18.5. The van der Waals surface area contributed by atoms with E-state index in [-0.39, 0.29) is 24.0 Å². The number of aromatic nitrogens is 3. The number of benzene rings is 2. The Balaban J connectivity index is 1.69. The molecule has 0 saturated heterocycles. The third-order valence-electron chi connectivity index (χ3n) is 5.19. The fraction of sp³-hybridized carbons (Fsp3) is 0.304. The van der Waals surface area contributed by atoms with Crippen LogP contribution in [0.1, 0.15) is 38.4 Å². The second-order valence-electron chi connectivity index (χ2n) is 8.51. The van der Waals surface area contributed by atoms with Crippen molar-refractivity contribution in [2.75, 3.05) is 6.61 Å². The van der Waals surface area contributed by atoms with Crippen molar-refractivity contribution >= 4 is 34.8 Å². The van der Waals surface area contributed by atoms with Gasteiger partial charge in [0.05, 0.1) is 10.7 Å². The molecule has 2 heterocycles. The van der Waals surface area contributed by atoms with Crippen LogP contribution in [0.3, 0.4) is 0 Å². The summed E-state index contributed by atoms with van der Waals surface area (Å²) in [6, 6.07) is 13.9. The molecule has 32 heavy (non-hydrogen) atoms. The van der Waals surface area contributed by atoms with Gasteiger partial charge in [-0.25, -0.2) is 14.7 Å². The fourth-order valence-corrected chi connectivity index (χ4v) is 4.19. The van der Waals surface area contributed by atoms with Crippen molar-refractivity contribution in [3.05, 3.63) is 76.8 Å². The SMILES string of the molecule is CC(C)(C)C1=NN(C(=O)COc2ccc(Cl)cc2Cl)C(c2ccccc2)C1n1cncn1. The van der Waals surface area contributed by atoms with Gasteiger partial charge in [-0.15, -0.1) is 0 Å². The topological polar surface area (TPSA) is 72.6 Å². The van der Waals surface area contributed by atoms with Gasteiger partial charge in [-0.1, -0.05) is 74.3 Å². The number of hydrazone groups is 1. The standard InChI is InChI=1S/C23H23Cl2N5O2/c1-23(2,3)22-21(29-14-26-13-27-29)20(15-7-5-4-6-8-15)30(28-22)19(31)12-32-18-10-9-16(24)11-17(18)25/h4-11,13-14,20-21H,12H2,1-3H3. The minimum Gasteiger partial charge on any atom is -0.482 e. The summed E-state index contributed by atoms with van der Waals surface area (Å²) in [6.45, 7) is 5.97. The lowest BCUT2D eigenvalue weighted by molar-refractivity contribution is -0.135. The molecule has 0 radical (unpaired) electrons. The number of amides is 1. The van der Waals surface area contributed by atoms with Gasteiger partial charge in [-0.3, -0.25) is 4.79 Å². The lowest BCUT2D eigenvalue weighted by atomic mass is 9.82. The first-order valence-electron chi connectivity index (χ1n) is 10.1. The third-order valence-corrected chi connectivity index (χ3v) is 5.72. The van der Waals surface area contributed by atoms with Crippen molar-refractivity contribution in [3.63, 3.8) is 0 Å². The summed E-state index contributed by atoms with van der Waals surface area (Å²) in [5, 5.41) is 11.5. The molecule has 0 N–H and O–H groups in total. The molecule has 0 aliphatic carbocycles. The zero-order chi connectivity index (χ0) is 22.9. The Bertz CT molecular complexity index is 1130. The molecular weight excluding hydrogens is 449 g/mol. The number of halogens is 2.